The number of rotatable bonds is 5. The molecule has 1 aromatic carbocycles. The summed E-state index contributed by atoms with van der Waals surface area (Å²) in [5.74, 6) is 1.09. The van der Waals surface area contributed by atoms with Crippen molar-refractivity contribution in [3.8, 4) is 5.75 Å². The van der Waals surface area contributed by atoms with Crippen LogP contribution in [-0.4, -0.2) is 29.4 Å². The van der Waals surface area contributed by atoms with Crippen molar-refractivity contribution in [1.29, 1.82) is 0 Å². The van der Waals surface area contributed by atoms with Crippen LogP contribution in [0.4, 0.5) is 0 Å². The fourth-order valence-electron chi connectivity index (χ4n) is 4.76. The number of carbonyl (C=O) groups excluding carboxylic acids is 2. The molecule has 2 aromatic rings. The van der Waals surface area contributed by atoms with Gasteiger partial charge in [0.1, 0.15) is 17.5 Å². The summed E-state index contributed by atoms with van der Waals surface area (Å²) in [5.41, 5.74) is 3.81. The minimum Gasteiger partial charge on any atom is -0.494 e. The van der Waals surface area contributed by atoms with Crippen molar-refractivity contribution in [2.45, 2.75) is 64.9 Å². The normalized spacial score (nSPS) is 23.7. The number of ether oxygens (including phenoxy) is 2. The zero-order valence-electron chi connectivity index (χ0n) is 17.4. The lowest BCUT2D eigenvalue weighted by atomic mass is 9.81. The van der Waals surface area contributed by atoms with E-state index in [0.717, 1.165) is 41.8 Å². The molecule has 0 radical (unpaired) electrons. The Bertz CT molecular complexity index is 912. The molecule has 1 heterocycles. The molecule has 2 aliphatic carbocycles. The molecule has 29 heavy (non-hydrogen) atoms. The number of fused-ring (bicyclic) bond motifs is 1. The Morgan fingerprint density at radius 2 is 1.93 bits per heavy atom. The molecule has 5 heteroatoms. The first-order chi connectivity index (χ1) is 14.0. The molecule has 1 fully saturated rings. The number of hydrogen-bond acceptors (Lipinski definition) is 4. The Morgan fingerprint density at radius 3 is 2.59 bits per heavy atom. The summed E-state index contributed by atoms with van der Waals surface area (Å²) in [6, 6.07) is 7.95. The fourth-order valence-corrected chi connectivity index (χ4v) is 4.76. The lowest BCUT2D eigenvalue weighted by molar-refractivity contribution is 0.0219. The van der Waals surface area contributed by atoms with Gasteiger partial charge in [0, 0.05) is 17.7 Å². The van der Waals surface area contributed by atoms with E-state index in [-0.39, 0.29) is 23.8 Å². The van der Waals surface area contributed by atoms with Crippen LogP contribution >= 0.6 is 0 Å². The van der Waals surface area contributed by atoms with Crippen molar-refractivity contribution in [3.63, 3.8) is 0 Å². The van der Waals surface area contributed by atoms with Gasteiger partial charge < -0.3 is 14.5 Å². The van der Waals surface area contributed by atoms with Crippen molar-refractivity contribution in [1.82, 2.24) is 4.98 Å². The summed E-state index contributed by atoms with van der Waals surface area (Å²) in [6.07, 6.45) is 4.26. The highest BCUT2D eigenvalue weighted by atomic mass is 16.5. The Kier molecular flexibility index (Phi) is 5.48. The molecular formula is C24H29NO4. The molecule has 1 saturated carbocycles. The molecule has 1 aromatic heterocycles. The quantitative estimate of drug-likeness (QED) is 0.725. The summed E-state index contributed by atoms with van der Waals surface area (Å²) in [4.78, 5) is 28.9. The van der Waals surface area contributed by atoms with Gasteiger partial charge in [0.2, 0.25) is 0 Å². The number of benzene rings is 1. The van der Waals surface area contributed by atoms with E-state index < -0.39 is 0 Å². The largest absolute Gasteiger partial charge is 0.494 e. The van der Waals surface area contributed by atoms with Gasteiger partial charge in [-0.15, -0.1) is 0 Å². The minimum absolute atomic E-state index is 0.0190. The minimum atomic E-state index is -0.332. The molecule has 0 amide bonds. The summed E-state index contributed by atoms with van der Waals surface area (Å²) in [7, 11) is 0. The van der Waals surface area contributed by atoms with Gasteiger partial charge in [-0.05, 0) is 74.6 Å². The molecule has 0 spiro atoms. The monoisotopic (exact) mass is 395 g/mol. The average Bonchev–Trinajstić information content (AvgIpc) is 3.26. The molecule has 5 nitrogen and oxygen atoms in total. The molecule has 0 unspecified atom stereocenters. The van der Waals surface area contributed by atoms with E-state index in [1.165, 1.54) is 0 Å². The van der Waals surface area contributed by atoms with E-state index in [4.69, 9.17) is 9.47 Å². The smallest absolute Gasteiger partial charge is 0.355 e. The van der Waals surface area contributed by atoms with Crippen LogP contribution in [0.1, 0.15) is 83.1 Å². The van der Waals surface area contributed by atoms with E-state index in [2.05, 4.69) is 11.9 Å². The third kappa shape index (κ3) is 3.83. The Labute approximate surface area is 171 Å². The topological polar surface area (TPSA) is 68.4 Å². The maximum absolute atomic E-state index is 12.9. The number of H-pyrrole nitrogens is 1. The highest BCUT2D eigenvalue weighted by Crippen LogP contribution is 2.36. The number of aromatic nitrogens is 1. The van der Waals surface area contributed by atoms with Gasteiger partial charge in [0.15, 0.2) is 5.78 Å². The Balaban J connectivity index is 1.54. The number of ketones is 1. The first kappa shape index (κ1) is 19.7. The summed E-state index contributed by atoms with van der Waals surface area (Å²) >= 11 is 0. The number of carbonyl (C=O) groups is 2. The van der Waals surface area contributed by atoms with E-state index >= 15 is 0 Å². The second-order valence-electron chi connectivity index (χ2n) is 8.36. The maximum Gasteiger partial charge on any atom is 0.355 e. The predicted octanol–water partition coefficient (Wildman–Crippen LogP) is 4.98. The third-order valence-electron chi connectivity index (χ3n) is 6.40. The molecule has 154 valence electrons. The first-order valence-electron chi connectivity index (χ1n) is 10.7. The van der Waals surface area contributed by atoms with Crippen molar-refractivity contribution in [3.05, 3.63) is 52.3 Å². The Morgan fingerprint density at radius 1 is 1.17 bits per heavy atom. The SMILES string of the molecule is CCOc1ccc([C@@H]2CC(=O)c3c([nH]c(C(=O)O[C@H]4CCC[C@@H]4C)c3C)C2)cc1. The zero-order valence-corrected chi connectivity index (χ0v) is 17.4. The van der Waals surface area contributed by atoms with Crippen LogP contribution in [0.15, 0.2) is 24.3 Å². The second kappa shape index (κ2) is 8.05. The van der Waals surface area contributed by atoms with Crippen molar-refractivity contribution in [2.24, 2.45) is 5.92 Å². The first-order valence-corrected chi connectivity index (χ1v) is 10.7. The third-order valence-corrected chi connectivity index (χ3v) is 6.40. The van der Waals surface area contributed by atoms with Crippen LogP contribution in [0.2, 0.25) is 0 Å². The standard InChI is InChI=1S/C24H29NO4/c1-4-28-18-10-8-16(9-11-18)17-12-19-22(20(26)13-17)15(3)23(25-19)24(27)29-21-7-5-6-14(21)2/h8-11,14,17,21,25H,4-7,12-13H2,1-3H3/t14-,17-,21-/m0/s1. The van der Waals surface area contributed by atoms with Crippen LogP contribution in [0, 0.1) is 12.8 Å². The molecule has 0 saturated heterocycles. The lowest BCUT2D eigenvalue weighted by Crippen LogP contribution is -2.21. The molecule has 4 rings (SSSR count). The summed E-state index contributed by atoms with van der Waals surface area (Å²) in [5, 5.41) is 0. The van der Waals surface area contributed by atoms with Gasteiger partial charge in [-0.3, -0.25) is 4.79 Å². The van der Waals surface area contributed by atoms with E-state index in [1.807, 2.05) is 38.1 Å². The maximum atomic E-state index is 12.9. The molecule has 1 N–H and O–H groups in total. The van der Waals surface area contributed by atoms with Crippen LogP contribution in [0.5, 0.6) is 5.75 Å². The molecule has 2 aliphatic rings. The highest BCUT2D eigenvalue weighted by Gasteiger charge is 2.34. The number of hydrogen-bond donors (Lipinski definition) is 1. The van der Waals surface area contributed by atoms with Gasteiger partial charge in [0.25, 0.3) is 0 Å². The van der Waals surface area contributed by atoms with Gasteiger partial charge in [-0.1, -0.05) is 19.1 Å². The predicted molar refractivity (Wildman–Crippen MR) is 111 cm³/mol. The van der Waals surface area contributed by atoms with Gasteiger partial charge in [-0.2, -0.15) is 0 Å². The van der Waals surface area contributed by atoms with Crippen LogP contribution < -0.4 is 4.74 Å². The van der Waals surface area contributed by atoms with Crippen molar-refractivity contribution >= 4 is 11.8 Å². The number of aromatic amines is 1. The van der Waals surface area contributed by atoms with E-state index in [9.17, 15) is 9.59 Å². The molecule has 0 aliphatic heterocycles. The number of esters is 1. The number of Topliss-reactive ketones (excluding diaryl/α,β-unsaturated/α-hetero) is 1. The average molecular weight is 395 g/mol. The molecule has 0 bridgehead atoms. The van der Waals surface area contributed by atoms with Crippen LogP contribution in [0.25, 0.3) is 0 Å². The Hall–Kier alpha value is -2.56. The van der Waals surface area contributed by atoms with Crippen molar-refractivity contribution in [2.75, 3.05) is 6.61 Å². The fraction of sp³-hybridized carbons (Fsp3) is 0.500. The lowest BCUT2D eigenvalue weighted by Gasteiger charge is -2.22. The van der Waals surface area contributed by atoms with Gasteiger partial charge in [-0.25, -0.2) is 4.79 Å². The van der Waals surface area contributed by atoms with Gasteiger partial charge in [0.05, 0.1) is 6.61 Å². The summed E-state index contributed by atoms with van der Waals surface area (Å²) < 4.78 is 11.3. The van der Waals surface area contributed by atoms with Gasteiger partial charge >= 0.3 is 5.97 Å². The summed E-state index contributed by atoms with van der Waals surface area (Å²) in [6.45, 7) is 6.56. The number of nitrogens with one attached hydrogen (secondary N) is 1. The van der Waals surface area contributed by atoms with E-state index in [0.29, 0.717) is 36.6 Å². The molecular weight excluding hydrogens is 366 g/mol. The zero-order chi connectivity index (χ0) is 20.5. The highest BCUT2D eigenvalue weighted by molar-refractivity contribution is 6.03. The molecule has 3 atom stereocenters. The second-order valence-corrected chi connectivity index (χ2v) is 8.36. The van der Waals surface area contributed by atoms with E-state index in [1.54, 1.807) is 0 Å². The van der Waals surface area contributed by atoms with Crippen molar-refractivity contribution < 1.29 is 19.1 Å². The van der Waals surface area contributed by atoms with Crippen LogP contribution in [-0.2, 0) is 11.2 Å². The van der Waals surface area contributed by atoms with Crippen LogP contribution in [0.3, 0.4) is 0 Å².